The van der Waals surface area contributed by atoms with Gasteiger partial charge < -0.3 is 66.8 Å². The van der Waals surface area contributed by atoms with Crippen molar-refractivity contribution >= 4 is 39.8 Å². The molecular formula is C77H98Cl2F2O14Si2. The molecule has 7 aromatic rings. The Bertz CT molecular complexity index is 3620. The van der Waals surface area contributed by atoms with Crippen molar-refractivity contribution in [2.75, 3.05) is 40.6 Å². The summed E-state index contributed by atoms with van der Waals surface area (Å²) in [6, 6.07) is 50.5. The first-order chi connectivity index (χ1) is 46.0. The third-order valence-corrected chi connectivity index (χ3v) is 28.8. The van der Waals surface area contributed by atoms with E-state index < -0.39 is 88.7 Å². The molecule has 0 aliphatic carbocycles. The van der Waals surface area contributed by atoms with Gasteiger partial charge in [-0.2, -0.15) is 0 Å². The molecule has 20 heteroatoms. The van der Waals surface area contributed by atoms with Crippen LogP contribution in [0.1, 0.15) is 105 Å². The van der Waals surface area contributed by atoms with E-state index in [0.29, 0.717) is 58.5 Å². The molecular weight excluding hydrogens is 1310 g/mol. The van der Waals surface area contributed by atoms with Gasteiger partial charge in [-0.25, -0.2) is 8.78 Å². The number of ether oxygens (including phenoxy) is 9. The molecule has 526 valence electrons. The van der Waals surface area contributed by atoms with E-state index >= 15 is 4.39 Å². The minimum atomic E-state index is -2.29. The average Bonchev–Trinajstić information content (AvgIpc) is 0.737. The highest BCUT2D eigenvalue weighted by atomic mass is 35.5. The number of rotatable bonds is 27. The van der Waals surface area contributed by atoms with Gasteiger partial charge in [0.05, 0.1) is 46.2 Å². The molecule has 3 N–H and O–H groups in total. The van der Waals surface area contributed by atoms with Gasteiger partial charge in [-0.05, 0) is 150 Å². The minimum Gasteiger partial charge on any atom is -0.491 e. The maximum absolute atomic E-state index is 15.1. The molecule has 0 spiro atoms. The van der Waals surface area contributed by atoms with Gasteiger partial charge in [0, 0.05) is 35.4 Å². The van der Waals surface area contributed by atoms with Gasteiger partial charge in [-0.15, -0.1) is 0 Å². The molecule has 2 saturated heterocycles. The van der Waals surface area contributed by atoms with E-state index in [-0.39, 0.29) is 54.4 Å². The SMILES string of the molecule is CCOc1ccc(Cc2cc([C@]3(OC)O[C@H](CO[Si](C)(C)C(C)(C)C)[C@@H](O)[C@H](O)[C@H]3O)ccc2Cl)cc1F.CCOc1ccc(Cc2cc([C@]3(OC)O[C@H](CO[Si](C)(C)C(C)(C)C)[C@@H](OCc4ccccc4)[C@H](OCc4ccccc4)[C@H]3OCc3ccccc3)ccc2Cl)cc1F. The Morgan fingerprint density at radius 2 is 0.866 bits per heavy atom. The van der Waals surface area contributed by atoms with E-state index in [1.165, 1.54) is 19.2 Å². The fourth-order valence-electron chi connectivity index (χ4n) is 11.3. The van der Waals surface area contributed by atoms with Crippen molar-refractivity contribution < 1.29 is 75.6 Å². The van der Waals surface area contributed by atoms with Gasteiger partial charge in [-0.1, -0.05) is 180 Å². The van der Waals surface area contributed by atoms with Crippen LogP contribution in [0, 0.1) is 11.6 Å². The Morgan fingerprint density at radius 1 is 0.474 bits per heavy atom. The number of aliphatic hydroxyl groups is 3. The van der Waals surface area contributed by atoms with Crippen LogP contribution in [-0.4, -0.2) is 121 Å². The maximum Gasteiger partial charge on any atom is 0.225 e. The summed E-state index contributed by atoms with van der Waals surface area (Å²) in [5.74, 6) is -3.86. The lowest BCUT2D eigenvalue weighted by Gasteiger charge is -2.52. The average molecular weight is 1410 g/mol. The van der Waals surface area contributed by atoms with Crippen molar-refractivity contribution in [3.05, 3.63) is 236 Å². The van der Waals surface area contributed by atoms with E-state index in [1.54, 1.807) is 50.4 Å². The molecule has 2 heterocycles. The molecule has 0 amide bonds. The topological polar surface area (TPSA) is 162 Å². The first-order valence-electron chi connectivity index (χ1n) is 33.1. The van der Waals surface area contributed by atoms with Crippen LogP contribution >= 0.6 is 23.2 Å². The zero-order chi connectivity index (χ0) is 70.5. The Morgan fingerprint density at radius 3 is 1.27 bits per heavy atom. The molecule has 97 heavy (non-hydrogen) atoms. The number of aliphatic hydroxyl groups excluding tert-OH is 3. The van der Waals surface area contributed by atoms with Gasteiger partial charge in [0.1, 0.15) is 48.8 Å². The summed E-state index contributed by atoms with van der Waals surface area (Å²) in [7, 11) is -1.51. The quantitative estimate of drug-likeness (QED) is 0.0417. The Balaban J connectivity index is 0.000000273. The second kappa shape index (κ2) is 33.8. The van der Waals surface area contributed by atoms with Crippen LogP contribution < -0.4 is 9.47 Å². The summed E-state index contributed by atoms with van der Waals surface area (Å²) in [6.45, 7) is 27.0. The number of methoxy groups -OCH3 is 2. The van der Waals surface area contributed by atoms with Crippen LogP contribution in [0.15, 0.2) is 164 Å². The Hall–Kier alpha value is -5.47. The molecule has 9 rings (SSSR count). The smallest absolute Gasteiger partial charge is 0.225 e. The Kier molecular flexibility index (Phi) is 26.9. The van der Waals surface area contributed by atoms with E-state index in [9.17, 15) is 19.7 Å². The molecule has 0 unspecified atom stereocenters. The number of benzene rings is 7. The second-order valence-corrected chi connectivity index (χ2v) is 38.2. The molecule has 0 aromatic heterocycles. The van der Waals surface area contributed by atoms with Gasteiger partial charge >= 0.3 is 0 Å². The number of hydrogen-bond acceptors (Lipinski definition) is 14. The van der Waals surface area contributed by atoms with Gasteiger partial charge in [0.25, 0.3) is 0 Å². The van der Waals surface area contributed by atoms with Crippen LogP contribution in [0.25, 0.3) is 0 Å². The summed E-state index contributed by atoms with van der Waals surface area (Å²) in [5, 5.41) is 33.4. The zero-order valence-electron chi connectivity index (χ0n) is 58.4. The highest BCUT2D eigenvalue weighted by molar-refractivity contribution is 6.74. The highest BCUT2D eigenvalue weighted by Gasteiger charge is 2.60. The summed E-state index contributed by atoms with van der Waals surface area (Å²) >= 11 is 13.4. The lowest BCUT2D eigenvalue weighted by Crippen LogP contribution is -2.66. The number of hydrogen-bond donors (Lipinski definition) is 3. The summed E-state index contributed by atoms with van der Waals surface area (Å²) in [6.07, 6.45) is -7.79. The van der Waals surface area contributed by atoms with Crippen molar-refractivity contribution in [1.82, 2.24) is 0 Å². The van der Waals surface area contributed by atoms with Crippen molar-refractivity contribution in [3.63, 3.8) is 0 Å². The maximum atomic E-state index is 15.1. The van der Waals surface area contributed by atoms with Crippen molar-refractivity contribution in [2.45, 2.75) is 185 Å². The molecule has 0 bridgehead atoms. The fourth-order valence-corrected chi connectivity index (χ4v) is 13.7. The molecule has 14 nitrogen and oxygen atoms in total. The van der Waals surface area contributed by atoms with Gasteiger partial charge in [-0.3, -0.25) is 0 Å². The summed E-state index contributed by atoms with van der Waals surface area (Å²) < 4.78 is 100. The molecule has 0 radical (unpaired) electrons. The summed E-state index contributed by atoms with van der Waals surface area (Å²) in [4.78, 5) is 0. The fraction of sp³-hybridized carbons (Fsp3) is 0.455. The molecule has 0 saturated carbocycles. The van der Waals surface area contributed by atoms with Crippen molar-refractivity contribution in [1.29, 1.82) is 0 Å². The predicted molar refractivity (Wildman–Crippen MR) is 380 cm³/mol. The van der Waals surface area contributed by atoms with E-state index in [0.717, 1.165) is 27.8 Å². The van der Waals surface area contributed by atoms with Crippen LogP contribution in [0.5, 0.6) is 11.5 Å². The number of halogens is 4. The molecule has 2 aliphatic heterocycles. The van der Waals surface area contributed by atoms with Crippen LogP contribution in [-0.2, 0) is 86.2 Å². The third kappa shape index (κ3) is 18.9. The van der Waals surface area contributed by atoms with Crippen molar-refractivity contribution in [3.8, 4) is 11.5 Å². The first-order valence-corrected chi connectivity index (χ1v) is 39.7. The summed E-state index contributed by atoms with van der Waals surface area (Å²) in [5.41, 5.74) is 6.82. The van der Waals surface area contributed by atoms with E-state index in [1.807, 2.05) is 122 Å². The van der Waals surface area contributed by atoms with E-state index in [4.69, 9.17) is 74.7 Å². The largest absolute Gasteiger partial charge is 0.491 e. The minimum absolute atomic E-state index is 0.0124. The normalized spacial score (nSPS) is 23.1. The van der Waals surface area contributed by atoms with Crippen LogP contribution in [0.2, 0.25) is 46.3 Å². The molecule has 7 aromatic carbocycles. The molecule has 10 atom stereocenters. The predicted octanol–water partition coefficient (Wildman–Crippen LogP) is 16.2. The van der Waals surface area contributed by atoms with E-state index in [2.05, 4.69) is 67.7 Å². The van der Waals surface area contributed by atoms with Crippen LogP contribution in [0.4, 0.5) is 8.78 Å². The monoisotopic (exact) mass is 1410 g/mol. The highest BCUT2D eigenvalue weighted by Crippen LogP contribution is 2.47. The zero-order valence-corrected chi connectivity index (χ0v) is 61.9. The van der Waals surface area contributed by atoms with Crippen molar-refractivity contribution in [2.24, 2.45) is 0 Å². The lowest BCUT2D eigenvalue weighted by atomic mass is 9.86. The third-order valence-electron chi connectivity index (χ3n) is 19.0. The molecule has 2 fully saturated rings. The van der Waals surface area contributed by atoms with Crippen LogP contribution in [0.3, 0.4) is 0 Å². The van der Waals surface area contributed by atoms with Gasteiger partial charge in [0.15, 0.2) is 39.8 Å². The Labute approximate surface area is 584 Å². The second-order valence-electron chi connectivity index (χ2n) is 27.7. The lowest BCUT2D eigenvalue weighted by molar-refractivity contribution is -0.384. The van der Waals surface area contributed by atoms with Gasteiger partial charge in [0.2, 0.25) is 11.6 Å². The first kappa shape index (κ1) is 77.3. The molecule has 2 aliphatic rings. The standard InChI is InChI=1S/C49H58ClFO7Si.C28H40ClFO7Si/c1-8-53-43-27-24-38(29-42(43)51)28-39-30-40(25-26-41(39)50)49(52-5)47(56-33-37-22-16-11-17-23-37)46(55-32-36-20-14-10-15-21-36)45(54-31-35-18-12-9-13-19-35)44(58-49)34-57-59(6,7)48(2,3)4;1-8-35-22-12-9-17(14-21(22)30)13-18-15-19(10-11-20(18)29)28(34-5)26(33)25(32)24(31)23(37-28)16-36-38(6,7)27(2,3)4/h9-27,29-30,44-47H,8,28,31-34H2,1-7H3;9-12,14-15,23-26,31-33H,8,13,16H2,1-7H3/t44-,45-,46+,47-,49+;23-,24-,25+,26-,28+/m11/s1.